The predicted molar refractivity (Wildman–Crippen MR) is 120 cm³/mol. The van der Waals surface area contributed by atoms with Crippen LogP contribution in [0, 0.1) is 0 Å². The summed E-state index contributed by atoms with van der Waals surface area (Å²) in [5.74, 6) is 2.62. The Morgan fingerprint density at radius 2 is 1.50 bits per heavy atom. The van der Waals surface area contributed by atoms with Gasteiger partial charge >= 0.3 is 0 Å². The van der Waals surface area contributed by atoms with Crippen molar-refractivity contribution < 1.29 is 9.47 Å². The van der Waals surface area contributed by atoms with Gasteiger partial charge in [-0.25, -0.2) is 4.98 Å². The Morgan fingerprint density at radius 1 is 0.700 bits per heavy atom. The number of ether oxygens (including phenoxy) is 2. The fourth-order valence-corrected chi connectivity index (χ4v) is 3.04. The molecule has 0 fully saturated rings. The number of hydrogen-bond acceptors (Lipinski definition) is 6. The van der Waals surface area contributed by atoms with Crippen molar-refractivity contribution >= 4 is 23.1 Å². The van der Waals surface area contributed by atoms with Gasteiger partial charge in [0.25, 0.3) is 0 Å². The van der Waals surface area contributed by atoms with E-state index in [1.807, 2.05) is 84.9 Å². The second kappa shape index (κ2) is 8.96. The van der Waals surface area contributed by atoms with Crippen molar-refractivity contribution in [2.24, 2.45) is 0 Å². The van der Waals surface area contributed by atoms with Crippen LogP contribution in [0.25, 0.3) is 11.3 Å². The fourth-order valence-electron chi connectivity index (χ4n) is 3.04. The molecule has 1 heterocycles. The van der Waals surface area contributed by atoms with E-state index in [-0.39, 0.29) is 0 Å². The zero-order chi connectivity index (χ0) is 20.8. The third kappa shape index (κ3) is 4.50. The van der Waals surface area contributed by atoms with Gasteiger partial charge < -0.3 is 20.1 Å². The lowest BCUT2D eigenvalue weighted by atomic mass is 10.1. The number of rotatable bonds is 7. The van der Waals surface area contributed by atoms with E-state index in [2.05, 4.69) is 15.6 Å². The van der Waals surface area contributed by atoms with Crippen molar-refractivity contribution in [2.45, 2.75) is 0 Å². The smallest absolute Gasteiger partial charge is 0.229 e. The third-order valence-corrected chi connectivity index (χ3v) is 4.49. The number of anilines is 4. The van der Waals surface area contributed by atoms with E-state index < -0.39 is 0 Å². The molecule has 6 nitrogen and oxygen atoms in total. The molecule has 0 atom stereocenters. The highest BCUT2D eigenvalue weighted by atomic mass is 16.5. The second-order valence-corrected chi connectivity index (χ2v) is 6.51. The Balaban J connectivity index is 1.72. The summed E-state index contributed by atoms with van der Waals surface area (Å²) >= 11 is 0. The molecular weight excluding hydrogens is 376 g/mol. The van der Waals surface area contributed by atoms with Crippen LogP contribution < -0.4 is 20.1 Å². The third-order valence-electron chi connectivity index (χ3n) is 4.49. The molecule has 0 aliphatic heterocycles. The molecule has 0 bridgehead atoms. The monoisotopic (exact) mass is 398 g/mol. The topological polar surface area (TPSA) is 68.3 Å². The van der Waals surface area contributed by atoms with Crippen LogP contribution in [0.15, 0.2) is 84.9 Å². The van der Waals surface area contributed by atoms with Gasteiger partial charge in [-0.1, -0.05) is 48.5 Å². The maximum atomic E-state index is 5.45. The number of benzene rings is 3. The normalized spacial score (nSPS) is 10.3. The maximum Gasteiger partial charge on any atom is 0.229 e. The average molecular weight is 398 g/mol. The summed E-state index contributed by atoms with van der Waals surface area (Å²) in [6.07, 6.45) is 0. The van der Waals surface area contributed by atoms with Crippen molar-refractivity contribution in [1.29, 1.82) is 0 Å². The molecule has 0 spiro atoms. The van der Waals surface area contributed by atoms with Gasteiger partial charge in [0.15, 0.2) is 0 Å². The van der Waals surface area contributed by atoms with Gasteiger partial charge in [-0.05, 0) is 24.3 Å². The Morgan fingerprint density at radius 3 is 2.30 bits per heavy atom. The number of nitrogens with zero attached hydrogens (tertiary/aromatic N) is 2. The van der Waals surface area contributed by atoms with Crippen molar-refractivity contribution in [3.05, 3.63) is 84.9 Å². The standard InChI is InChI=1S/C24H22N4O2/c1-29-19-12-8-11-18(15-19)25-24-27-21(17-9-4-3-5-10-17)16-23(28-24)26-20-13-6-7-14-22(20)30-2/h3-16H,1-2H3,(H2,25,26,27,28). The summed E-state index contributed by atoms with van der Waals surface area (Å²) in [5.41, 5.74) is 3.46. The Kier molecular flexibility index (Phi) is 5.75. The van der Waals surface area contributed by atoms with Gasteiger partial charge in [0.05, 0.1) is 25.6 Å². The first kappa shape index (κ1) is 19.3. The quantitative estimate of drug-likeness (QED) is 0.419. The lowest BCUT2D eigenvalue weighted by Crippen LogP contribution is -2.03. The molecule has 4 aromatic rings. The molecule has 0 unspecified atom stereocenters. The first-order valence-electron chi connectivity index (χ1n) is 9.51. The summed E-state index contributed by atoms with van der Waals surface area (Å²) in [7, 11) is 3.28. The van der Waals surface area contributed by atoms with Crippen molar-refractivity contribution in [2.75, 3.05) is 24.9 Å². The average Bonchev–Trinajstić information content (AvgIpc) is 2.80. The lowest BCUT2D eigenvalue weighted by Gasteiger charge is -2.13. The van der Waals surface area contributed by atoms with Crippen LogP contribution in [0.4, 0.5) is 23.1 Å². The summed E-state index contributed by atoms with van der Waals surface area (Å²) < 4.78 is 10.8. The zero-order valence-corrected chi connectivity index (χ0v) is 16.8. The molecule has 6 heteroatoms. The van der Waals surface area contributed by atoms with E-state index in [4.69, 9.17) is 14.5 Å². The summed E-state index contributed by atoms with van der Waals surface area (Å²) in [4.78, 5) is 9.36. The lowest BCUT2D eigenvalue weighted by molar-refractivity contribution is 0.415. The maximum absolute atomic E-state index is 5.45. The molecule has 0 radical (unpaired) electrons. The molecule has 150 valence electrons. The van der Waals surface area contributed by atoms with Crippen LogP contribution in [0.1, 0.15) is 0 Å². The molecule has 0 saturated heterocycles. The molecule has 4 rings (SSSR count). The van der Waals surface area contributed by atoms with Gasteiger partial charge in [0.1, 0.15) is 17.3 Å². The first-order chi connectivity index (χ1) is 14.7. The van der Waals surface area contributed by atoms with Crippen molar-refractivity contribution in [3.8, 4) is 22.8 Å². The molecule has 3 aromatic carbocycles. The van der Waals surface area contributed by atoms with Gasteiger partial charge in [0, 0.05) is 23.4 Å². The second-order valence-electron chi connectivity index (χ2n) is 6.51. The van der Waals surface area contributed by atoms with E-state index in [1.165, 1.54) is 0 Å². The van der Waals surface area contributed by atoms with Crippen LogP contribution >= 0.6 is 0 Å². The van der Waals surface area contributed by atoms with Gasteiger partial charge in [-0.3, -0.25) is 0 Å². The number of hydrogen-bond donors (Lipinski definition) is 2. The molecule has 1 aromatic heterocycles. The van der Waals surface area contributed by atoms with E-state index in [0.29, 0.717) is 11.8 Å². The van der Waals surface area contributed by atoms with E-state index in [1.54, 1.807) is 14.2 Å². The van der Waals surface area contributed by atoms with E-state index in [9.17, 15) is 0 Å². The summed E-state index contributed by atoms with van der Waals surface area (Å²) in [5, 5.41) is 6.61. The first-order valence-corrected chi connectivity index (χ1v) is 9.51. The number of aromatic nitrogens is 2. The number of para-hydroxylation sites is 2. The van der Waals surface area contributed by atoms with Crippen LogP contribution in [0.2, 0.25) is 0 Å². The predicted octanol–water partition coefficient (Wildman–Crippen LogP) is 5.65. The SMILES string of the molecule is COc1cccc(Nc2nc(Nc3ccccc3OC)cc(-c3ccccc3)n2)c1. The molecule has 0 amide bonds. The molecule has 0 aliphatic carbocycles. The van der Waals surface area contributed by atoms with Crippen LogP contribution in [0.3, 0.4) is 0 Å². The highest BCUT2D eigenvalue weighted by Gasteiger charge is 2.10. The van der Waals surface area contributed by atoms with Crippen LogP contribution in [-0.4, -0.2) is 24.2 Å². The van der Waals surface area contributed by atoms with Gasteiger partial charge in [0.2, 0.25) is 5.95 Å². The van der Waals surface area contributed by atoms with Crippen molar-refractivity contribution in [1.82, 2.24) is 9.97 Å². The van der Waals surface area contributed by atoms with Gasteiger partial charge in [-0.2, -0.15) is 4.98 Å². The molecule has 2 N–H and O–H groups in total. The summed E-state index contributed by atoms with van der Waals surface area (Å²) in [6, 6.07) is 27.3. The summed E-state index contributed by atoms with van der Waals surface area (Å²) in [6.45, 7) is 0. The highest BCUT2D eigenvalue weighted by Crippen LogP contribution is 2.29. The number of methoxy groups -OCH3 is 2. The Hall–Kier alpha value is -4.06. The molecule has 0 aliphatic rings. The molecule has 30 heavy (non-hydrogen) atoms. The van der Waals surface area contributed by atoms with E-state index >= 15 is 0 Å². The highest BCUT2D eigenvalue weighted by molar-refractivity contribution is 5.71. The minimum absolute atomic E-state index is 0.474. The largest absolute Gasteiger partial charge is 0.497 e. The number of nitrogens with one attached hydrogen (secondary N) is 2. The van der Waals surface area contributed by atoms with E-state index in [0.717, 1.165) is 34.1 Å². The zero-order valence-electron chi connectivity index (χ0n) is 16.8. The minimum atomic E-state index is 0.474. The van der Waals surface area contributed by atoms with Crippen molar-refractivity contribution in [3.63, 3.8) is 0 Å². The van der Waals surface area contributed by atoms with Gasteiger partial charge in [-0.15, -0.1) is 0 Å². The van der Waals surface area contributed by atoms with Crippen LogP contribution in [-0.2, 0) is 0 Å². The fraction of sp³-hybridized carbons (Fsp3) is 0.0833. The molecular formula is C24H22N4O2. The Bertz CT molecular complexity index is 1130. The van der Waals surface area contributed by atoms with Crippen LogP contribution in [0.5, 0.6) is 11.5 Å². The minimum Gasteiger partial charge on any atom is -0.497 e. The molecule has 0 saturated carbocycles. The Labute approximate surface area is 175 Å².